The van der Waals surface area contributed by atoms with E-state index in [1.54, 1.807) is 50.2 Å². The van der Waals surface area contributed by atoms with Crippen LogP contribution in [0.3, 0.4) is 0 Å². The number of nitrogens with one attached hydrogen (secondary N) is 4. The number of benzene rings is 3. The maximum Gasteiger partial charge on any atom is 0.251 e. The van der Waals surface area contributed by atoms with Gasteiger partial charge in [0.2, 0.25) is 23.6 Å². The summed E-state index contributed by atoms with van der Waals surface area (Å²) in [6, 6.07) is 17.6. The van der Waals surface area contributed by atoms with Crippen LogP contribution in [0.25, 0.3) is 0 Å². The van der Waals surface area contributed by atoms with Crippen molar-refractivity contribution in [3.63, 3.8) is 0 Å². The monoisotopic (exact) mass is 743 g/mol. The highest BCUT2D eigenvalue weighted by molar-refractivity contribution is 5.95. The van der Waals surface area contributed by atoms with Crippen LogP contribution in [-0.4, -0.2) is 93.6 Å². The van der Waals surface area contributed by atoms with Crippen molar-refractivity contribution >= 4 is 29.5 Å². The Labute approximate surface area is 315 Å². The predicted octanol–water partition coefficient (Wildman–Crippen LogP) is 3.12. The number of fused-ring (bicyclic) bond motifs is 18. The number of methoxy groups -OCH3 is 2. The lowest BCUT2D eigenvalue weighted by Crippen LogP contribution is -2.57. The highest BCUT2D eigenvalue weighted by Crippen LogP contribution is 2.35. The van der Waals surface area contributed by atoms with E-state index in [2.05, 4.69) is 21.3 Å². The summed E-state index contributed by atoms with van der Waals surface area (Å²) in [6.45, 7) is 4.22. The number of amides is 5. The highest BCUT2D eigenvalue weighted by atomic mass is 16.5. The number of carbonyl (C=O) groups is 5. The minimum Gasteiger partial charge on any atom is -0.496 e. The zero-order valence-corrected chi connectivity index (χ0v) is 31.2. The van der Waals surface area contributed by atoms with Gasteiger partial charge in [-0.05, 0) is 75.4 Å². The predicted molar refractivity (Wildman–Crippen MR) is 199 cm³/mol. The molecule has 4 bridgehead atoms. The molecular formula is C40H49N5O9. The standard InChI is InChI=1S/C40H49N5O9/c1-26-36(47)42-22-29-13-15-30(21-33(29)52-4)54-34-20-28(14-17-32(34)51-3)37(48)41-18-8-9-19-45(39(50)40(2)24-53-25-40)23-35(46)44-31(38(49)43-26)16-12-27-10-6-5-7-11-27/h5-7,10-11,13-15,17,20-21,26,31H,8-9,12,16,18-19,22-25H2,1-4H3,(H,41,48)(H,42,47)(H,43,49)(H,44,46)/t26-,31-/m0/s1. The number of carbonyl (C=O) groups excluding carboxylic acids is 5. The molecule has 6 rings (SSSR count). The van der Waals surface area contributed by atoms with Gasteiger partial charge >= 0.3 is 0 Å². The molecule has 288 valence electrons. The first-order valence-corrected chi connectivity index (χ1v) is 18.1. The minimum atomic E-state index is -0.985. The summed E-state index contributed by atoms with van der Waals surface area (Å²) in [5.41, 5.74) is 1.22. The molecule has 0 spiro atoms. The Morgan fingerprint density at radius 1 is 0.889 bits per heavy atom. The fourth-order valence-corrected chi connectivity index (χ4v) is 6.21. The zero-order valence-electron chi connectivity index (χ0n) is 31.2. The molecule has 3 aliphatic rings. The molecule has 1 fully saturated rings. The molecule has 3 aliphatic heterocycles. The lowest BCUT2D eigenvalue weighted by atomic mass is 9.87. The number of ether oxygens (including phenoxy) is 4. The molecule has 4 N–H and O–H groups in total. The lowest BCUT2D eigenvalue weighted by Gasteiger charge is -2.40. The van der Waals surface area contributed by atoms with Gasteiger partial charge < -0.3 is 45.1 Å². The maximum atomic E-state index is 13.7. The summed E-state index contributed by atoms with van der Waals surface area (Å²) in [7, 11) is 3.00. The van der Waals surface area contributed by atoms with E-state index < -0.39 is 35.2 Å². The van der Waals surface area contributed by atoms with Crippen LogP contribution in [0.4, 0.5) is 0 Å². The Morgan fingerprint density at radius 3 is 2.35 bits per heavy atom. The average Bonchev–Trinajstić information content (AvgIpc) is 3.16. The minimum absolute atomic E-state index is 0.0868. The van der Waals surface area contributed by atoms with Crippen molar-refractivity contribution in [2.45, 2.75) is 58.2 Å². The van der Waals surface area contributed by atoms with E-state index in [0.717, 1.165) is 5.56 Å². The van der Waals surface area contributed by atoms with Gasteiger partial charge in [0.25, 0.3) is 5.91 Å². The van der Waals surface area contributed by atoms with Gasteiger partial charge in [-0.1, -0.05) is 30.3 Å². The Bertz CT molecular complexity index is 1810. The smallest absolute Gasteiger partial charge is 0.251 e. The van der Waals surface area contributed by atoms with Crippen LogP contribution < -0.4 is 35.5 Å². The second kappa shape index (κ2) is 18.4. The van der Waals surface area contributed by atoms with Crippen LogP contribution in [0, 0.1) is 5.41 Å². The molecule has 14 nitrogen and oxygen atoms in total. The van der Waals surface area contributed by atoms with Crippen molar-refractivity contribution in [2.75, 3.05) is 47.1 Å². The second-order valence-corrected chi connectivity index (χ2v) is 13.8. The molecule has 0 unspecified atom stereocenters. The second-order valence-electron chi connectivity index (χ2n) is 13.8. The Hall–Kier alpha value is -5.63. The number of aryl methyl sites for hydroxylation is 1. The normalized spacial score (nSPS) is 20.0. The van der Waals surface area contributed by atoms with Crippen molar-refractivity contribution in [2.24, 2.45) is 5.41 Å². The third-order valence-electron chi connectivity index (χ3n) is 9.45. The van der Waals surface area contributed by atoms with E-state index in [1.165, 1.54) is 19.1 Å². The highest BCUT2D eigenvalue weighted by Gasteiger charge is 2.44. The summed E-state index contributed by atoms with van der Waals surface area (Å²) < 4.78 is 22.5. The average molecular weight is 744 g/mol. The first-order valence-electron chi connectivity index (χ1n) is 18.1. The van der Waals surface area contributed by atoms with Crippen molar-refractivity contribution in [1.82, 2.24) is 26.2 Å². The third-order valence-corrected chi connectivity index (χ3v) is 9.45. The van der Waals surface area contributed by atoms with Gasteiger partial charge in [-0.25, -0.2) is 0 Å². The van der Waals surface area contributed by atoms with Crippen LogP contribution in [0.1, 0.15) is 54.6 Å². The SMILES string of the molecule is COc1cc2ccc1CNC(=O)[C@H](C)NC(=O)[C@H](CCc1ccccc1)NC(=O)CN(C(=O)C1(C)COC1)CCCCNC(=O)c1ccc(OC)c(c1)O2. The van der Waals surface area contributed by atoms with E-state index in [4.69, 9.17) is 18.9 Å². The molecule has 54 heavy (non-hydrogen) atoms. The van der Waals surface area contributed by atoms with E-state index in [9.17, 15) is 24.0 Å². The van der Waals surface area contributed by atoms with E-state index in [0.29, 0.717) is 59.9 Å². The third kappa shape index (κ3) is 10.3. The fourth-order valence-electron chi connectivity index (χ4n) is 6.21. The van der Waals surface area contributed by atoms with Crippen LogP contribution in [0.15, 0.2) is 66.7 Å². The van der Waals surface area contributed by atoms with E-state index in [-0.39, 0.29) is 51.1 Å². The molecule has 0 aromatic heterocycles. The topological polar surface area (TPSA) is 174 Å². The molecule has 0 aliphatic carbocycles. The molecule has 0 saturated carbocycles. The Balaban J connectivity index is 1.39. The van der Waals surface area contributed by atoms with Crippen molar-refractivity contribution in [1.29, 1.82) is 0 Å². The summed E-state index contributed by atoms with van der Waals surface area (Å²) in [6.07, 6.45) is 1.77. The molecule has 3 heterocycles. The van der Waals surface area contributed by atoms with Crippen molar-refractivity contribution < 1.29 is 42.9 Å². The quantitative estimate of drug-likeness (QED) is 0.277. The summed E-state index contributed by atoms with van der Waals surface area (Å²) in [5, 5.41) is 11.3. The first-order chi connectivity index (χ1) is 26.0. The Morgan fingerprint density at radius 2 is 1.65 bits per heavy atom. The molecular weight excluding hydrogens is 694 g/mol. The van der Waals surface area contributed by atoms with E-state index >= 15 is 0 Å². The van der Waals surface area contributed by atoms with Crippen LogP contribution in [0.5, 0.6) is 23.0 Å². The van der Waals surface area contributed by atoms with Crippen molar-refractivity contribution in [3.05, 3.63) is 83.4 Å². The number of hydrogen-bond acceptors (Lipinski definition) is 9. The van der Waals surface area contributed by atoms with Crippen LogP contribution in [-0.2, 0) is 36.9 Å². The Kier molecular flexibility index (Phi) is 13.5. The van der Waals surface area contributed by atoms with Gasteiger partial charge in [-0.15, -0.1) is 0 Å². The largest absolute Gasteiger partial charge is 0.496 e. The molecule has 0 radical (unpaired) electrons. The molecule has 3 aromatic carbocycles. The van der Waals surface area contributed by atoms with Gasteiger partial charge in [0, 0.05) is 36.8 Å². The van der Waals surface area contributed by atoms with Gasteiger partial charge in [0.1, 0.15) is 23.6 Å². The van der Waals surface area contributed by atoms with Gasteiger partial charge in [0.05, 0.1) is 39.4 Å². The molecule has 3 aromatic rings. The fraction of sp³-hybridized carbons (Fsp3) is 0.425. The van der Waals surface area contributed by atoms with Crippen molar-refractivity contribution in [3.8, 4) is 23.0 Å². The van der Waals surface area contributed by atoms with Crippen LogP contribution >= 0.6 is 0 Å². The number of hydrogen-bond donors (Lipinski definition) is 4. The van der Waals surface area contributed by atoms with E-state index in [1.807, 2.05) is 30.3 Å². The molecule has 5 amide bonds. The summed E-state index contributed by atoms with van der Waals surface area (Å²) in [5.74, 6) is -0.454. The van der Waals surface area contributed by atoms with Gasteiger partial charge in [-0.3, -0.25) is 24.0 Å². The maximum absolute atomic E-state index is 13.7. The van der Waals surface area contributed by atoms with Gasteiger partial charge in [0.15, 0.2) is 11.5 Å². The lowest BCUT2D eigenvalue weighted by molar-refractivity contribution is -0.169. The molecule has 1 saturated heterocycles. The van der Waals surface area contributed by atoms with Gasteiger partial charge in [-0.2, -0.15) is 0 Å². The van der Waals surface area contributed by atoms with Crippen LogP contribution in [0.2, 0.25) is 0 Å². The number of rotatable bonds is 6. The number of nitrogens with zero attached hydrogens (tertiary/aromatic N) is 1. The summed E-state index contributed by atoms with van der Waals surface area (Å²) in [4.78, 5) is 68.7. The zero-order chi connectivity index (χ0) is 38.7. The summed E-state index contributed by atoms with van der Waals surface area (Å²) >= 11 is 0. The first kappa shape index (κ1) is 39.6. The molecule has 14 heteroatoms. The molecule has 2 atom stereocenters.